The van der Waals surface area contributed by atoms with Crippen LogP contribution in [0.5, 0.6) is 0 Å². The van der Waals surface area contributed by atoms with Gasteiger partial charge in [0.2, 0.25) is 0 Å². The number of alkyl halides is 3. The Labute approximate surface area is 129 Å². The van der Waals surface area contributed by atoms with E-state index in [0.29, 0.717) is 14.8 Å². The van der Waals surface area contributed by atoms with Gasteiger partial charge >= 0.3 is 6.18 Å². The largest absolute Gasteiger partial charge is 0.416 e. The first-order chi connectivity index (χ1) is 9.82. The Hall–Kier alpha value is -1.60. The molecule has 0 spiro atoms. The molecule has 7 heteroatoms. The average Bonchev–Trinajstić information content (AvgIpc) is 2.66. The molecular formula is C14H10F3NOS2. The third-order valence-corrected chi connectivity index (χ3v) is 4.07. The highest BCUT2D eigenvalue weighted by Gasteiger charge is 2.32. The van der Waals surface area contributed by atoms with Crippen molar-refractivity contribution in [3.8, 4) is 0 Å². The van der Waals surface area contributed by atoms with Gasteiger partial charge in [-0.05, 0) is 23.8 Å². The van der Waals surface area contributed by atoms with Crippen molar-refractivity contribution < 1.29 is 18.0 Å². The summed E-state index contributed by atoms with van der Waals surface area (Å²) < 4.78 is 38.3. The third kappa shape index (κ3) is 3.54. The second kappa shape index (κ2) is 6.03. The van der Waals surface area contributed by atoms with Crippen molar-refractivity contribution in [1.82, 2.24) is 4.90 Å². The molecule has 0 bridgehead atoms. The molecule has 0 radical (unpaired) electrons. The molecule has 2 nitrogen and oxygen atoms in total. The lowest BCUT2D eigenvalue weighted by molar-refractivity contribution is -0.137. The SMILES string of the molecule is C=CCN1C(=O)/C(=C\c2cccc(C(F)(F)F)c2)SC1=S. The molecule has 1 saturated heterocycles. The summed E-state index contributed by atoms with van der Waals surface area (Å²) in [6.07, 6.45) is -1.46. The molecule has 1 aromatic rings. The van der Waals surface area contributed by atoms with Crippen LogP contribution in [-0.2, 0) is 11.0 Å². The molecular weight excluding hydrogens is 319 g/mol. The molecule has 1 heterocycles. The summed E-state index contributed by atoms with van der Waals surface area (Å²) in [6.45, 7) is 3.82. The summed E-state index contributed by atoms with van der Waals surface area (Å²) in [6, 6.07) is 4.80. The molecule has 0 N–H and O–H groups in total. The van der Waals surface area contributed by atoms with Crippen molar-refractivity contribution in [2.75, 3.05) is 6.54 Å². The minimum Gasteiger partial charge on any atom is -0.289 e. The summed E-state index contributed by atoms with van der Waals surface area (Å²) in [4.78, 5) is 13.7. The summed E-state index contributed by atoms with van der Waals surface area (Å²) in [5.41, 5.74) is -0.443. The molecule has 0 aromatic heterocycles. The van der Waals surface area contributed by atoms with E-state index in [1.165, 1.54) is 29.2 Å². The van der Waals surface area contributed by atoms with Crippen LogP contribution in [0.3, 0.4) is 0 Å². The van der Waals surface area contributed by atoms with Gasteiger partial charge in [0.1, 0.15) is 4.32 Å². The van der Waals surface area contributed by atoms with E-state index in [2.05, 4.69) is 6.58 Å². The number of hydrogen-bond donors (Lipinski definition) is 0. The molecule has 1 amide bonds. The predicted octanol–water partition coefficient (Wildman–Crippen LogP) is 4.09. The van der Waals surface area contributed by atoms with Gasteiger partial charge in [-0.15, -0.1) is 6.58 Å². The Bertz CT molecular complexity index is 637. The van der Waals surface area contributed by atoms with E-state index in [-0.39, 0.29) is 12.5 Å². The maximum atomic E-state index is 12.6. The summed E-state index contributed by atoms with van der Waals surface area (Å²) in [7, 11) is 0. The Morgan fingerprint density at radius 1 is 1.38 bits per heavy atom. The molecule has 0 aliphatic carbocycles. The van der Waals surface area contributed by atoms with Crippen molar-refractivity contribution in [2.45, 2.75) is 6.18 Å². The zero-order chi connectivity index (χ0) is 15.6. The summed E-state index contributed by atoms with van der Waals surface area (Å²) in [5.74, 6) is -0.317. The van der Waals surface area contributed by atoms with Crippen molar-refractivity contribution >= 4 is 40.3 Å². The number of nitrogens with zero attached hydrogens (tertiary/aromatic N) is 1. The van der Waals surface area contributed by atoms with E-state index in [9.17, 15) is 18.0 Å². The second-order valence-electron chi connectivity index (χ2n) is 4.20. The van der Waals surface area contributed by atoms with Crippen LogP contribution in [0.25, 0.3) is 6.08 Å². The van der Waals surface area contributed by atoms with Crippen LogP contribution in [0.4, 0.5) is 13.2 Å². The Morgan fingerprint density at radius 3 is 2.71 bits per heavy atom. The van der Waals surface area contributed by atoms with Crippen LogP contribution in [0.1, 0.15) is 11.1 Å². The van der Waals surface area contributed by atoms with E-state index in [1.54, 1.807) is 0 Å². The molecule has 1 fully saturated rings. The zero-order valence-corrected chi connectivity index (χ0v) is 12.3. The highest BCUT2D eigenvalue weighted by molar-refractivity contribution is 8.26. The van der Waals surface area contributed by atoms with E-state index in [0.717, 1.165) is 23.9 Å². The predicted molar refractivity (Wildman–Crippen MR) is 81.5 cm³/mol. The van der Waals surface area contributed by atoms with Crippen LogP contribution in [0.2, 0.25) is 0 Å². The average molecular weight is 329 g/mol. The molecule has 0 unspecified atom stereocenters. The van der Waals surface area contributed by atoms with Crippen molar-refractivity contribution in [1.29, 1.82) is 0 Å². The molecule has 2 rings (SSSR count). The van der Waals surface area contributed by atoms with E-state index in [4.69, 9.17) is 12.2 Å². The quantitative estimate of drug-likeness (QED) is 0.473. The van der Waals surface area contributed by atoms with E-state index in [1.807, 2.05) is 0 Å². The lowest BCUT2D eigenvalue weighted by Crippen LogP contribution is -2.27. The number of halogens is 3. The Kier molecular flexibility index (Phi) is 4.53. The van der Waals surface area contributed by atoms with Gasteiger partial charge in [0.05, 0.1) is 10.5 Å². The number of amides is 1. The molecule has 110 valence electrons. The summed E-state index contributed by atoms with van der Waals surface area (Å²) >= 11 is 6.13. The van der Waals surface area contributed by atoms with E-state index >= 15 is 0 Å². The highest BCUT2D eigenvalue weighted by atomic mass is 32.2. The maximum Gasteiger partial charge on any atom is 0.416 e. The van der Waals surface area contributed by atoms with Crippen LogP contribution in [0, 0.1) is 0 Å². The minimum absolute atomic E-state index is 0.282. The van der Waals surface area contributed by atoms with Crippen molar-refractivity contribution in [3.05, 3.63) is 53.0 Å². The van der Waals surface area contributed by atoms with Gasteiger partial charge in [0.15, 0.2) is 0 Å². The standard InChI is InChI=1S/C14H10F3NOS2/c1-2-6-18-12(19)11(21-13(18)20)8-9-4-3-5-10(7-9)14(15,16)17/h2-5,7-8H,1,6H2/b11-8+. The molecule has 21 heavy (non-hydrogen) atoms. The number of rotatable bonds is 3. The van der Waals surface area contributed by atoms with Gasteiger partial charge < -0.3 is 0 Å². The van der Waals surface area contributed by atoms with Crippen LogP contribution >= 0.6 is 24.0 Å². The molecule has 1 aromatic carbocycles. The fourth-order valence-electron chi connectivity index (χ4n) is 1.74. The van der Waals surface area contributed by atoms with Gasteiger partial charge in [-0.25, -0.2) is 0 Å². The normalized spacial score (nSPS) is 17.7. The van der Waals surface area contributed by atoms with E-state index < -0.39 is 11.7 Å². The highest BCUT2D eigenvalue weighted by Crippen LogP contribution is 2.34. The zero-order valence-electron chi connectivity index (χ0n) is 10.7. The number of carbonyl (C=O) groups is 1. The molecule has 1 aliphatic rings. The fourth-order valence-corrected chi connectivity index (χ4v) is 3.02. The van der Waals surface area contributed by atoms with Crippen LogP contribution in [-0.4, -0.2) is 21.7 Å². The van der Waals surface area contributed by atoms with Gasteiger partial charge in [-0.3, -0.25) is 9.69 Å². The monoisotopic (exact) mass is 329 g/mol. The fraction of sp³-hybridized carbons (Fsp3) is 0.143. The number of benzene rings is 1. The maximum absolute atomic E-state index is 12.6. The number of thioether (sulfide) groups is 1. The van der Waals surface area contributed by atoms with Gasteiger partial charge in [-0.2, -0.15) is 13.2 Å². The first-order valence-corrected chi connectivity index (χ1v) is 7.09. The first kappa shape index (κ1) is 15.8. The van der Waals surface area contributed by atoms with Crippen molar-refractivity contribution in [3.63, 3.8) is 0 Å². The topological polar surface area (TPSA) is 20.3 Å². The number of hydrogen-bond acceptors (Lipinski definition) is 3. The second-order valence-corrected chi connectivity index (χ2v) is 5.88. The van der Waals surface area contributed by atoms with Gasteiger partial charge in [-0.1, -0.05) is 42.2 Å². The van der Waals surface area contributed by atoms with Gasteiger partial charge in [0.25, 0.3) is 5.91 Å². The van der Waals surface area contributed by atoms with Crippen molar-refractivity contribution in [2.24, 2.45) is 0 Å². The first-order valence-electron chi connectivity index (χ1n) is 5.86. The summed E-state index contributed by atoms with van der Waals surface area (Å²) in [5, 5.41) is 0. The molecule has 1 aliphatic heterocycles. The third-order valence-electron chi connectivity index (χ3n) is 2.70. The smallest absolute Gasteiger partial charge is 0.289 e. The Balaban J connectivity index is 2.31. The van der Waals surface area contributed by atoms with Crippen LogP contribution in [0.15, 0.2) is 41.8 Å². The molecule has 0 atom stereocenters. The van der Waals surface area contributed by atoms with Crippen LogP contribution < -0.4 is 0 Å². The lowest BCUT2D eigenvalue weighted by Gasteiger charge is -2.10. The lowest BCUT2D eigenvalue weighted by atomic mass is 10.1. The molecule has 0 saturated carbocycles. The number of thiocarbonyl (C=S) groups is 1. The Morgan fingerprint density at radius 2 is 2.10 bits per heavy atom. The van der Waals surface area contributed by atoms with Gasteiger partial charge in [0, 0.05) is 6.54 Å². The number of carbonyl (C=O) groups excluding carboxylic acids is 1. The minimum atomic E-state index is -4.41.